The fraction of sp³-hybridized carbons (Fsp3) is 0.357. The number of aromatic nitrogens is 2. The Morgan fingerprint density at radius 1 is 1.24 bits per heavy atom. The number of hydrogen-bond donors (Lipinski definition) is 0. The molecule has 0 radical (unpaired) electrons. The molecule has 17 heavy (non-hydrogen) atoms. The fourth-order valence-corrected chi connectivity index (χ4v) is 1.76. The number of likely N-dealkylation sites (N-methyl/N-ethyl adjacent to an activating group) is 1. The van der Waals surface area contributed by atoms with Crippen molar-refractivity contribution in [3.05, 3.63) is 42.2 Å². The van der Waals surface area contributed by atoms with Gasteiger partial charge in [-0.2, -0.15) is 5.10 Å². The molecule has 0 fully saturated rings. The van der Waals surface area contributed by atoms with Crippen LogP contribution >= 0.6 is 0 Å². The summed E-state index contributed by atoms with van der Waals surface area (Å²) in [5.74, 6) is 0. The van der Waals surface area contributed by atoms with Gasteiger partial charge in [-0.3, -0.25) is 4.68 Å². The predicted molar refractivity (Wildman–Crippen MR) is 71.0 cm³/mol. The molecule has 1 aromatic carbocycles. The van der Waals surface area contributed by atoms with Gasteiger partial charge in [0, 0.05) is 18.3 Å². The minimum atomic E-state index is 0.929. The van der Waals surface area contributed by atoms with Crippen molar-refractivity contribution in [1.82, 2.24) is 14.7 Å². The summed E-state index contributed by atoms with van der Waals surface area (Å²) >= 11 is 0. The lowest BCUT2D eigenvalue weighted by Crippen LogP contribution is -2.18. The van der Waals surface area contributed by atoms with Gasteiger partial charge >= 0.3 is 0 Å². The summed E-state index contributed by atoms with van der Waals surface area (Å²) in [6, 6.07) is 8.51. The van der Waals surface area contributed by atoms with E-state index in [9.17, 15) is 0 Å². The lowest BCUT2D eigenvalue weighted by Gasteiger charge is -2.08. The highest BCUT2D eigenvalue weighted by atomic mass is 15.3. The molecular weight excluding hydrogens is 210 g/mol. The monoisotopic (exact) mass is 229 g/mol. The Kier molecular flexibility index (Phi) is 3.59. The van der Waals surface area contributed by atoms with Gasteiger partial charge in [0.25, 0.3) is 0 Å². The Morgan fingerprint density at radius 2 is 2.06 bits per heavy atom. The average Bonchev–Trinajstić information content (AvgIpc) is 2.75. The van der Waals surface area contributed by atoms with E-state index in [4.69, 9.17) is 0 Å². The van der Waals surface area contributed by atoms with Crippen LogP contribution in [0.5, 0.6) is 0 Å². The van der Waals surface area contributed by atoms with E-state index in [1.807, 2.05) is 10.9 Å². The molecule has 0 bridgehead atoms. The molecule has 2 aromatic rings. The Hall–Kier alpha value is -1.61. The van der Waals surface area contributed by atoms with Gasteiger partial charge in [-0.05, 0) is 26.6 Å². The van der Waals surface area contributed by atoms with Crippen LogP contribution in [0.1, 0.15) is 5.56 Å². The summed E-state index contributed by atoms with van der Waals surface area (Å²) in [7, 11) is 4.15. The first-order valence-electron chi connectivity index (χ1n) is 5.89. The molecule has 0 aliphatic heterocycles. The highest BCUT2D eigenvalue weighted by Crippen LogP contribution is 2.19. The van der Waals surface area contributed by atoms with E-state index in [0.29, 0.717) is 0 Å². The van der Waals surface area contributed by atoms with Crippen LogP contribution in [0.3, 0.4) is 0 Å². The third kappa shape index (κ3) is 3.17. The van der Waals surface area contributed by atoms with Gasteiger partial charge in [0.2, 0.25) is 0 Å². The van der Waals surface area contributed by atoms with Crippen LogP contribution in [0.2, 0.25) is 0 Å². The van der Waals surface area contributed by atoms with Crippen LogP contribution in [-0.2, 0) is 6.54 Å². The summed E-state index contributed by atoms with van der Waals surface area (Å²) in [4.78, 5) is 2.16. The molecule has 90 valence electrons. The van der Waals surface area contributed by atoms with Crippen LogP contribution in [0.4, 0.5) is 0 Å². The molecule has 3 nitrogen and oxygen atoms in total. The summed E-state index contributed by atoms with van der Waals surface area (Å²) < 4.78 is 2.00. The van der Waals surface area contributed by atoms with Gasteiger partial charge in [0.05, 0.1) is 12.7 Å². The summed E-state index contributed by atoms with van der Waals surface area (Å²) in [5, 5.41) is 4.38. The minimum absolute atomic E-state index is 0.929. The second-order valence-corrected chi connectivity index (χ2v) is 4.66. The maximum Gasteiger partial charge on any atom is 0.0568 e. The van der Waals surface area contributed by atoms with Gasteiger partial charge in [-0.25, -0.2) is 0 Å². The van der Waals surface area contributed by atoms with E-state index in [0.717, 1.165) is 13.1 Å². The van der Waals surface area contributed by atoms with Crippen LogP contribution in [0.25, 0.3) is 11.1 Å². The van der Waals surface area contributed by atoms with E-state index in [1.165, 1.54) is 16.7 Å². The van der Waals surface area contributed by atoms with E-state index in [1.54, 1.807) is 0 Å². The topological polar surface area (TPSA) is 21.1 Å². The number of nitrogens with zero attached hydrogens (tertiary/aromatic N) is 3. The van der Waals surface area contributed by atoms with Crippen molar-refractivity contribution in [2.24, 2.45) is 0 Å². The maximum absolute atomic E-state index is 4.38. The van der Waals surface area contributed by atoms with Crippen molar-refractivity contribution < 1.29 is 0 Å². The lowest BCUT2D eigenvalue weighted by molar-refractivity contribution is 0.373. The van der Waals surface area contributed by atoms with Crippen LogP contribution < -0.4 is 0 Å². The highest BCUT2D eigenvalue weighted by molar-refractivity contribution is 5.62. The normalized spacial score (nSPS) is 11.1. The van der Waals surface area contributed by atoms with E-state index in [-0.39, 0.29) is 0 Å². The molecule has 0 aliphatic carbocycles. The first-order chi connectivity index (χ1) is 8.15. The molecule has 1 aromatic heterocycles. The third-order valence-corrected chi connectivity index (χ3v) is 2.76. The van der Waals surface area contributed by atoms with E-state index >= 15 is 0 Å². The molecule has 2 rings (SSSR count). The Bertz CT molecular complexity index is 486. The molecule has 0 aliphatic rings. The molecule has 0 N–H and O–H groups in total. The predicted octanol–water partition coefficient (Wildman–Crippen LogP) is 2.42. The lowest BCUT2D eigenvalue weighted by atomic mass is 10.1. The van der Waals surface area contributed by atoms with Gasteiger partial charge in [0.15, 0.2) is 0 Å². The zero-order valence-corrected chi connectivity index (χ0v) is 10.7. The standard InChI is InChI=1S/C14H19N3/c1-12-5-4-6-13(9-12)14-10-15-17(11-14)8-7-16(2)3/h4-6,9-11H,7-8H2,1-3H3. The number of hydrogen-bond acceptors (Lipinski definition) is 2. The van der Waals surface area contributed by atoms with Gasteiger partial charge in [-0.1, -0.05) is 29.8 Å². The zero-order valence-electron chi connectivity index (χ0n) is 10.7. The van der Waals surface area contributed by atoms with Crippen molar-refractivity contribution in [2.75, 3.05) is 20.6 Å². The number of aryl methyl sites for hydroxylation is 1. The van der Waals surface area contributed by atoms with Crippen LogP contribution in [0, 0.1) is 6.92 Å². The van der Waals surface area contributed by atoms with Crippen LogP contribution in [-0.4, -0.2) is 35.3 Å². The van der Waals surface area contributed by atoms with Crippen molar-refractivity contribution >= 4 is 0 Å². The molecule has 0 unspecified atom stereocenters. The molecule has 0 amide bonds. The summed E-state index contributed by atoms with van der Waals surface area (Å²) in [6.45, 7) is 4.05. The van der Waals surface area contributed by atoms with Crippen molar-refractivity contribution in [3.63, 3.8) is 0 Å². The Labute approximate surface area is 103 Å². The first kappa shape index (κ1) is 11.9. The molecule has 0 saturated carbocycles. The Morgan fingerprint density at radius 3 is 2.76 bits per heavy atom. The number of rotatable bonds is 4. The smallest absolute Gasteiger partial charge is 0.0568 e. The minimum Gasteiger partial charge on any atom is -0.308 e. The van der Waals surface area contributed by atoms with Crippen LogP contribution in [0.15, 0.2) is 36.7 Å². The van der Waals surface area contributed by atoms with Crippen molar-refractivity contribution in [2.45, 2.75) is 13.5 Å². The molecule has 0 saturated heterocycles. The van der Waals surface area contributed by atoms with E-state index < -0.39 is 0 Å². The maximum atomic E-state index is 4.38. The van der Waals surface area contributed by atoms with Gasteiger partial charge in [0.1, 0.15) is 0 Å². The van der Waals surface area contributed by atoms with E-state index in [2.05, 4.69) is 61.5 Å². The summed E-state index contributed by atoms with van der Waals surface area (Å²) in [6.07, 6.45) is 4.04. The Balaban J connectivity index is 2.12. The molecule has 0 spiro atoms. The van der Waals surface area contributed by atoms with Crippen molar-refractivity contribution in [3.8, 4) is 11.1 Å². The number of benzene rings is 1. The largest absolute Gasteiger partial charge is 0.308 e. The third-order valence-electron chi connectivity index (χ3n) is 2.76. The molecule has 3 heteroatoms. The molecular formula is C14H19N3. The quantitative estimate of drug-likeness (QED) is 0.803. The molecule has 0 atom stereocenters. The van der Waals surface area contributed by atoms with Gasteiger partial charge in [-0.15, -0.1) is 0 Å². The zero-order chi connectivity index (χ0) is 12.3. The summed E-state index contributed by atoms with van der Waals surface area (Å²) in [5.41, 5.74) is 3.71. The van der Waals surface area contributed by atoms with Gasteiger partial charge < -0.3 is 4.90 Å². The highest BCUT2D eigenvalue weighted by Gasteiger charge is 2.02. The molecule has 1 heterocycles. The first-order valence-corrected chi connectivity index (χ1v) is 5.89. The fourth-order valence-electron chi connectivity index (χ4n) is 1.76. The average molecular weight is 229 g/mol. The van der Waals surface area contributed by atoms with Crippen molar-refractivity contribution in [1.29, 1.82) is 0 Å². The second-order valence-electron chi connectivity index (χ2n) is 4.66. The second kappa shape index (κ2) is 5.15. The SMILES string of the molecule is Cc1cccc(-c2cnn(CCN(C)C)c2)c1.